The normalized spacial score (nSPS) is 15.2. The molecule has 6 nitrogen and oxygen atoms in total. The number of ether oxygens (including phenoxy) is 1. The Kier molecular flexibility index (Phi) is 8.05. The van der Waals surface area contributed by atoms with Crippen LogP contribution in [0.5, 0.6) is 0 Å². The second-order valence-electron chi connectivity index (χ2n) is 7.05. The molecule has 0 radical (unpaired) electrons. The Morgan fingerprint density at radius 2 is 1.97 bits per heavy atom. The van der Waals surface area contributed by atoms with Gasteiger partial charge in [0.15, 0.2) is 5.69 Å². The molecule has 0 saturated heterocycles. The topological polar surface area (TPSA) is 71.5 Å². The largest absolute Gasteiger partial charge is 0.383 e. The van der Waals surface area contributed by atoms with Crippen LogP contribution in [-0.4, -0.2) is 47.4 Å². The van der Waals surface area contributed by atoms with Gasteiger partial charge in [0.2, 0.25) is 5.91 Å². The zero-order chi connectivity index (χ0) is 21.7. The lowest BCUT2D eigenvalue weighted by Crippen LogP contribution is -2.47. The highest BCUT2D eigenvalue weighted by Crippen LogP contribution is 2.32. The molecular formula is C20H22Cl2FN3O3S. The minimum absolute atomic E-state index is 0.0245. The number of rotatable bonds is 8. The fraction of sp³-hybridized carbons (Fsp3) is 0.450. The van der Waals surface area contributed by atoms with Gasteiger partial charge >= 0.3 is 0 Å². The maximum Gasteiger partial charge on any atom is 0.276 e. The van der Waals surface area contributed by atoms with Crippen molar-refractivity contribution < 1.29 is 18.7 Å². The van der Waals surface area contributed by atoms with Gasteiger partial charge in [0, 0.05) is 19.7 Å². The number of nitrogens with zero attached hydrogens (tertiary/aromatic N) is 2. The van der Waals surface area contributed by atoms with Crippen LogP contribution in [0.15, 0.2) is 24.3 Å². The first-order valence-corrected chi connectivity index (χ1v) is 11.1. The molecule has 1 heterocycles. The van der Waals surface area contributed by atoms with Crippen molar-refractivity contribution in [3.8, 4) is 0 Å². The lowest BCUT2D eigenvalue weighted by atomic mass is 10.0. The summed E-state index contributed by atoms with van der Waals surface area (Å²) in [4.78, 5) is 28.0. The number of hydrogen-bond acceptors (Lipinski definition) is 5. The minimum Gasteiger partial charge on any atom is -0.383 e. The van der Waals surface area contributed by atoms with Crippen LogP contribution < -0.4 is 5.32 Å². The van der Waals surface area contributed by atoms with E-state index < -0.39 is 17.8 Å². The van der Waals surface area contributed by atoms with Crippen LogP contribution in [0.4, 0.5) is 4.39 Å². The number of nitrogens with one attached hydrogen (secondary N) is 1. The summed E-state index contributed by atoms with van der Waals surface area (Å²) in [6.45, 7) is 0.302. The molecule has 1 N–H and O–H groups in total. The van der Waals surface area contributed by atoms with Gasteiger partial charge in [0.1, 0.15) is 21.2 Å². The van der Waals surface area contributed by atoms with E-state index in [1.165, 1.54) is 36.3 Å². The van der Waals surface area contributed by atoms with Gasteiger partial charge in [0.05, 0.1) is 6.61 Å². The van der Waals surface area contributed by atoms with Crippen molar-refractivity contribution in [3.63, 3.8) is 0 Å². The number of methoxy groups -OCH3 is 1. The molecule has 1 saturated carbocycles. The first kappa shape index (κ1) is 22.9. The summed E-state index contributed by atoms with van der Waals surface area (Å²) in [5.74, 6) is -1.32. The zero-order valence-corrected chi connectivity index (χ0v) is 18.7. The molecule has 1 atom stereocenters. The third kappa shape index (κ3) is 5.29. The maximum atomic E-state index is 13.5. The number of halogens is 3. The van der Waals surface area contributed by atoms with Gasteiger partial charge in [-0.05, 0) is 42.1 Å². The number of hydrogen-bond donors (Lipinski definition) is 1. The van der Waals surface area contributed by atoms with Crippen molar-refractivity contribution in [2.24, 2.45) is 0 Å². The minimum atomic E-state index is -0.995. The zero-order valence-electron chi connectivity index (χ0n) is 16.4. The van der Waals surface area contributed by atoms with E-state index in [4.69, 9.17) is 27.9 Å². The predicted molar refractivity (Wildman–Crippen MR) is 115 cm³/mol. The Hall–Kier alpha value is -1.74. The standard InChI is InChI=1S/C20H22Cl2FN3O3S/c1-29-11-10-26(20(28)16-15(21)18(22)30-25-16)17(12-6-8-13(23)9-7-12)19(27)24-14-4-2-3-5-14/h6-9,14,17H,2-5,10-11H2,1H3,(H,24,27)/t17-/m0/s1. The van der Waals surface area contributed by atoms with E-state index in [0.29, 0.717) is 5.56 Å². The molecule has 2 aromatic rings. The summed E-state index contributed by atoms with van der Waals surface area (Å²) >= 11 is 13.0. The van der Waals surface area contributed by atoms with Gasteiger partial charge in [-0.15, -0.1) is 0 Å². The smallest absolute Gasteiger partial charge is 0.276 e. The molecule has 1 aliphatic rings. The summed E-state index contributed by atoms with van der Waals surface area (Å²) in [6, 6.07) is 4.57. The molecule has 0 aliphatic heterocycles. The SMILES string of the molecule is COCCN(C(=O)c1nsc(Cl)c1Cl)[C@H](C(=O)NC1CCCC1)c1ccc(F)cc1. The van der Waals surface area contributed by atoms with E-state index in [1.54, 1.807) is 0 Å². The Balaban J connectivity index is 1.98. The highest BCUT2D eigenvalue weighted by atomic mass is 35.5. The number of carbonyl (C=O) groups is 2. The van der Waals surface area contributed by atoms with Crippen LogP contribution in [0, 0.1) is 5.82 Å². The molecule has 1 aromatic carbocycles. The second kappa shape index (κ2) is 10.5. The quantitative estimate of drug-likeness (QED) is 0.613. The van der Waals surface area contributed by atoms with Crippen LogP contribution in [0.3, 0.4) is 0 Å². The van der Waals surface area contributed by atoms with Gasteiger partial charge in [0.25, 0.3) is 5.91 Å². The van der Waals surface area contributed by atoms with Gasteiger partial charge < -0.3 is 15.0 Å². The third-order valence-electron chi connectivity index (χ3n) is 5.04. The molecule has 0 unspecified atom stereocenters. The van der Waals surface area contributed by atoms with E-state index in [9.17, 15) is 14.0 Å². The monoisotopic (exact) mass is 473 g/mol. The van der Waals surface area contributed by atoms with E-state index in [-0.39, 0.29) is 40.2 Å². The van der Waals surface area contributed by atoms with Crippen molar-refractivity contribution >= 4 is 46.5 Å². The van der Waals surface area contributed by atoms with Crippen molar-refractivity contribution in [1.82, 2.24) is 14.6 Å². The summed E-state index contributed by atoms with van der Waals surface area (Å²) in [6.07, 6.45) is 3.87. The van der Waals surface area contributed by atoms with Crippen LogP contribution in [0.1, 0.15) is 47.8 Å². The molecule has 0 spiro atoms. The number of carbonyl (C=O) groups excluding carboxylic acids is 2. The predicted octanol–water partition coefficient (Wildman–Crippen LogP) is 4.48. The molecule has 162 valence electrons. The average molecular weight is 474 g/mol. The highest BCUT2D eigenvalue weighted by Gasteiger charge is 2.35. The van der Waals surface area contributed by atoms with Crippen LogP contribution in [0.2, 0.25) is 9.36 Å². The molecule has 1 aliphatic carbocycles. The van der Waals surface area contributed by atoms with Crippen molar-refractivity contribution in [2.45, 2.75) is 37.8 Å². The number of amides is 2. The number of benzene rings is 1. The first-order chi connectivity index (χ1) is 14.4. The third-order valence-corrected chi connectivity index (χ3v) is 6.66. The first-order valence-electron chi connectivity index (χ1n) is 9.58. The summed E-state index contributed by atoms with van der Waals surface area (Å²) in [7, 11) is 1.50. The van der Waals surface area contributed by atoms with E-state index in [1.807, 2.05) is 0 Å². The molecule has 10 heteroatoms. The van der Waals surface area contributed by atoms with E-state index in [2.05, 4.69) is 9.69 Å². The summed E-state index contributed by atoms with van der Waals surface area (Å²) in [5.41, 5.74) is 0.456. The van der Waals surface area contributed by atoms with Crippen molar-refractivity contribution in [1.29, 1.82) is 0 Å². The van der Waals surface area contributed by atoms with Crippen molar-refractivity contribution in [2.75, 3.05) is 20.3 Å². The highest BCUT2D eigenvalue weighted by molar-refractivity contribution is 7.11. The molecule has 30 heavy (non-hydrogen) atoms. The van der Waals surface area contributed by atoms with E-state index in [0.717, 1.165) is 37.2 Å². The van der Waals surface area contributed by atoms with E-state index >= 15 is 0 Å². The second-order valence-corrected chi connectivity index (χ2v) is 8.81. The molecule has 0 bridgehead atoms. The maximum absolute atomic E-state index is 13.5. The fourth-order valence-electron chi connectivity index (χ4n) is 3.53. The molecular weight excluding hydrogens is 452 g/mol. The lowest BCUT2D eigenvalue weighted by molar-refractivity contribution is -0.126. The Bertz CT molecular complexity index is 888. The van der Waals surface area contributed by atoms with Crippen LogP contribution >= 0.6 is 34.7 Å². The Labute approximate surface area is 188 Å². The molecule has 3 rings (SSSR count). The number of aromatic nitrogens is 1. The lowest BCUT2D eigenvalue weighted by Gasteiger charge is -2.31. The average Bonchev–Trinajstić information content (AvgIpc) is 3.36. The van der Waals surface area contributed by atoms with Gasteiger partial charge in [-0.2, -0.15) is 4.37 Å². The van der Waals surface area contributed by atoms with Gasteiger partial charge in [-0.3, -0.25) is 9.59 Å². The van der Waals surface area contributed by atoms with Gasteiger partial charge in [-0.1, -0.05) is 48.2 Å². The Morgan fingerprint density at radius 3 is 2.53 bits per heavy atom. The fourth-order valence-corrected chi connectivity index (χ4v) is 4.52. The van der Waals surface area contributed by atoms with Gasteiger partial charge in [-0.25, -0.2) is 4.39 Å². The molecule has 2 amide bonds. The summed E-state index contributed by atoms with van der Waals surface area (Å²) in [5, 5.41) is 3.08. The van der Waals surface area contributed by atoms with Crippen LogP contribution in [-0.2, 0) is 9.53 Å². The molecule has 1 fully saturated rings. The summed E-state index contributed by atoms with van der Waals surface area (Å²) < 4.78 is 22.9. The van der Waals surface area contributed by atoms with Crippen molar-refractivity contribution in [3.05, 3.63) is 50.7 Å². The molecule has 1 aromatic heterocycles. The van der Waals surface area contributed by atoms with Crippen LogP contribution in [0.25, 0.3) is 0 Å². The Morgan fingerprint density at radius 1 is 1.30 bits per heavy atom.